The summed E-state index contributed by atoms with van der Waals surface area (Å²) in [4.78, 5) is 0. The van der Waals surface area contributed by atoms with Crippen LogP contribution in [0, 0.1) is 12.8 Å². The molecule has 4 nitrogen and oxygen atoms in total. The average Bonchev–Trinajstić information content (AvgIpc) is 2.77. The van der Waals surface area contributed by atoms with Crippen LogP contribution < -0.4 is 5.32 Å². The maximum absolute atomic E-state index is 12.6. The number of piperidine rings is 1. The summed E-state index contributed by atoms with van der Waals surface area (Å²) in [6, 6.07) is 2.15. The van der Waals surface area contributed by atoms with Gasteiger partial charge in [0.2, 0.25) is 0 Å². The van der Waals surface area contributed by atoms with E-state index in [1.165, 1.54) is 0 Å². The average molecular weight is 351 g/mol. The van der Waals surface area contributed by atoms with Gasteiger partial charge in [-0.15, -0.1) is 11.3 Å². The van der Waals surface area contributed by atoms with Gasteiger partial charge in [-0.2, -0.15) is 4.31 Å². The molecule has 120 valence electrons. The number of sulfonamides is 1. The topological polar surface area (TPSA) is 49.4 Å². The highest BCUT2D eigenvalue weighted by Crippen LogP contribution is 2.33. The molecular weight excluding hydrogens is 328 g/mol. The summed E-state index contributed by atoms with van der Waals surface area (Å²) in [5.74, 6) is 0.563. The molecule has 1 N–H and O–H groups in total. The van der Waals surface area contributed by atoms with Crippen molar-refractivity contribution in [3.8, 4) is 0 Å². The first-order chi connectivity index (χ1) is 9.80. The predicted molar refractivity (Wildman–Crippen MR) is 88.7 cm³/mol. The second-order valence-electron chi connectivity index (χ2n) is 5.93. The van der Waals surface area contributed by atoms with Crippen LogP contribution in [0.4, 0.5) is 0 Å². The SMILES string of the molecule is Cc1cc(S(=O)(=O)N2CCC(CNC(C)C)CC2)sc1Cl. The van der Waals surface area contributed by atoms with E-state index in [-0.39, 0.29) is 0 Å². The minimum Gasteiger partial charge on any atom is -0.314 e. The van der Waals surface area contributed by atoms with Crippen LogP contribution in [0.15, 0.2) is 10.3 Å². The molecule has 1 aliphatic heterocycles. The zero-order valence-corrected chi connectivity index (χ0v) is 15.1. The molecule has 1 aliphatic rings. The molecule has 0 unspecified atom stereocenters. The number of hydrogen-bond acceptors (Lipinski definition) is 4. The molecule has 2 rings (SSSR count). The standard InChI is InChI=1S/C14H23ClN2O2S2/c1-10(2)16-9-12-4-6-17(7-5-12)21(18,19)13-8-11(3)14(15)20-13/h8,10,12,16H,4-7,9H2,1-3H3. The third-order valence-corrected chi connectivity index (χ3v) is 7.72. The van der Waals surface area contributed by atoms with E-state index in [1.54, 1.807) is 10.4 Å². The van der Waals surface area contributed by atoms with Crippen LogP contribution in [0.1, 0.15) is 32.3 Å². The predicted octanol–water partition coefficient (Wildman–Crippen LogP) is 3.11. The van der Waals surface area contributed by atoms with Crippen LogP contribution in [0.5, 0.6) is 0 Å². The Labute approximate surface area is 136 Å². The highest BCUT2D eigenvalue weighted by Gasteiger charge is 2.30. The van der Waals surface area contributed by atoms with Gasteiger partial charge in [0.25, 0.3) is 10.0 Å². The number of hydrogen-bond donors (Lipinski definition) is 1. The molecule has 7 heteroatoms. The zero-order valence-electron chi connectivity index (χ0n) is 12.7. The van der Waals surface area contributed by atoms with Gasteiger partial charge in [0.05, 0.1) is 4.34 Å². The van der Waals surface area contributed by atoms with Gasteiger partial charge < -0.3 is 5.32 Å². The number of aryl methyl sites for hydroxylation is 1. The van der Waals surface area contributed by atoms with Crippen molar-refractivity contribution in [2.75, 3.05) is 19.6 Å². The molecule has 1 fully saturated rings. The molecule has 0 bridgehead atoms. The van der Waals surface area contributed by atoms with Crippen molar-refractivity contribution in [3.63, 3.8) is 0 Å². The van der Waals surface area contributed by atoms with Crippen LogP contribution in [-0.4, -0.2) is 38.4 Å². The molecule has 2 heterocycles. The maximum atomic E-state index is 12.6. The van der Waals surface area contributed by atoms with E-state index < -0.39 is 10.0 Å². The fraction of sp³-hybridized carbons (Fsp3) is 0.714. The van der Waals surface area contributed by atoms with E-state index in [2.05, 4.69) is 19.2 Å². The van der Waals surface area contributed by atoms with Crippen molar-refractivity contribution in [1.82, 2.24) is 9.62 Å². The number of nitrogens with one attached hydrogen (secondary N) is 1. The lowest BCUT2D eigenvalue weighted by molar-refractivity contribution is 0.264. The summed E-state index contributed by atoms with van der Waals surface area (Å²) >= 11 is 7.15. The molecule has 21 heavy (non-hydrogen) atoms. The van der Waals surface area contributed by atoms with Gasteiger partial charge in [0.1, 0.15) is 4.21 Å². The fourth-order valence-electron chi connectivity index (χ4n) is 2.44. The Kier molecular flexibility index (Phi) is 5.71. The van der Waals surface area contributed by atoms with Gasteiger partial charge in [-0.1, -0.05) is 25.4 Å². The molecule has 0 aliphatic carbocycles. The van der Waals surface area contributed by atoms with Gasteiger partial charge in [-0.05, 0) is 43.9 Å². The van der Waals surface area contributed by atoms with Crippen molar-refractivity contribution in [3.05, 3.63) is 16.0 Å². The third kappa shape index (κ3) is 4.20. The smallest absolute Gasteiger partial charge is 0.252 e. The molecular formula is C14H23ClN2O2S2. The minimum absolute atomic E-state index is 0.365. The highest BCUT2D eigenvalue weighted by atomic mass is 35.5. The van der Waals surface area contributed by atoms with Crippen molar-refractivity contribution in [1.29, 1.82) is 0 Å². The van der Waals surface area contributed by atoms with Crippen LogP contribution in [0.25, 0.3) is 0 Å². The van der Waals surface area contributed by atoms with E-state index in [9.17, 15) is 8.42 Å². The summed E-state index contributed by atoms with van der Waals surface area (Å²) in [6.07, 6.45) is 1.83. The number of thiophene rings is 1. The number of rotatable bonds is 5. The molecule has 0 radical (unpaired) electrons. The quantitative estimate of drug-likeness (QED) is 0.887. The van der Waals surface area contributed by atoms with Crippen LogP contribution in [0.3, 0.4) is 0 Å². The van der Waals surface area contributed by atoms with E-state index in [1.807, 2.05) is 6.92 Å². The molecule has 1 saturated heterocycles. The number of halogens is 1. The summed E-state index contributed by atoms with van der Waals surface area (Å²) in [6.45, 7) is 8.25. The van der Waals surface area contributed by atoms with Crippen molar-refractivity contribution < 1.29 is 8.42 Å². The van der Waals surface area contributed by atoms with Crippen LogP contribution in [-0.2, 0) is 10.0 Å². The fourth-order valence-corrected chi connectivity index (χ4v) is 5.77. The van der Waals surface area contributed by atoms with E-state index >= 15 is 0 Å². The van der Waals surface area contributed by atoms with Gasteiger partial charge in [-0.3, -0.25) is 0 Å². The highest BCUT2D eigenvalue weighted by molar-refractivity contribution is 7.91. The molecule has 0 saturated carbocycles. The normalized spacial score (nSPS) is 18.5. The molecule has 1 aromatic rings. The molecule has 0 spiro atoms. The van der Waals surface area contributed by atoms with Crippen molar-refractivity contribution in [2.24, 2.45) is 5.92 Å². The molecule has 1 aromatic heterocycles. The Balaban J connectivity index is 1.98. The second kappa shape index (κ2) is 6.96. The van der Waals surface area contributed by atoms with Crippen molar-refractivity contribution in [2.45, 2.75) is 43.9 Å². The van der Waals surface area contributed by atoms with E-state index in [0.717, 1.165) is 36.3 Å². The monoisotopic (exact) mass is 350 g/mol. The maximum Gasteiger partial charge on any atom is 0.252 e. The summed E-state index contributed by atoms with van der Waals surface area (Å²) < 4.78 is 27.7. The number of nitrogens with zero attached hydrogens (tertiary/aromatic N) is 1. The molecule has 0 atom stereocenters. The van der Waals surface area contributed by atoms with E-state index in [0.29, 0.717) is 33.6 Å². The Morgan fingerprint density at radius 1 is 1.43 bits per heavy atom. The Hall–Kier alpha value is -0.140. The summed E-state index contributed by atoms with van der Waals surface area (Å²) in [7, 11) is -3.37. The summed E-state index contributed by atoms with van der Waals surface area (Å²) in [5.41, 5.74) is 0.830. The molecule has 0 amide bonds. The zero-order chi connectivity index (χ0) is 15.6. The lowest BCUT2D eigenvalue weighted by Gasteiger charge is -2.31. The van der Waals surface area contributed by atoms with Crippen LogP contribution in [0.2, 0.25) is 4.34 Å². The summed E-state index contributed by atoms with van der Waals surface area (Å²) in [5, 5.41) is 3.43. The lowest BCUT2D eigenvalue weighted by atomic mass is 9.98. The minimum atomic E-state index is -3.37. The van der Waals surface area contributed by atoms with Gasteiger partial charge in [0.15, 0.2) is 0 Å². The van der Waals surface area contributed by atoms with Gasteiger partial charge in [0, 0.05) is 19.1 Å². The Bertz CT molecular complexity index is 556. The largest absolute Gasteiger partial charge is 0.314 e. The van der Waals surface area contributed by atoms with E-state index in [4.69, 9.17) is 11.6 Å². The lowest BCUT2D eigenvalue weighted by Crippen LogP contribution is -2.41. The Morgan fingerprint density at radius 3 is 2.52 bits per heavy atom. The Morgan fingerprint density at radius 2 is 2.05 bits per heavy atom. The first-order valence-corrected chi connectivity index (χ1v) is 9.93. The molecule has 0 aromatic carbocycles. The first-order valence-electron chi connectivity index (χ1n) is 7.30. The van der Waals surface area contributed by atoms with Crippen molar-refractivity contribution >= 4 is 33.0 Å². The first kappa shape index (κ1) is 17.2. The van der Waals surface area contributed by atoms with Gasteiger partial charge in [-0.25, -0.2) is 8.42 Å². The van der Waals surface area contributed by atoms with Crippen LogP contribution >= 0.6 is 22.9 Å². The second-order valence-corrected chi connectivity index (χ2v) is 9.75. The third-order valence-electron chi connectivity index (χ3n) is 3.82. The van der Waals surface area contributed by atoms with Gasteiger partial charge >= 0.3 is 0 Å².